The van der Waals surface area contributed by atoms with Crippen molar-refractivity contribution in [2.75, 3.05) is 24.2 Å². The third kappa shape index (κ3) is 2.56. The van der Waals surface area contributed by atoms with Gasteiger partial charge in [0.1, 0.15) is 10.6 Å². The summed E-state index contributed by atoms with van der Waals surface area (Å²) in [5.41, 5.74) is 5.80. The molecule has 2 aromatic rings. The summed E-state index contributed by atoms with van der Waals surface area (Å²) in [7, 11) is 2.07. The summed E-state index contributed by atoms with van der Waals surface area (Å²) in [4.78, 5) is 13.2. The first kappa shape index (κ1) is 13.1. The van der Waals surface area contributed by atoms with E-state index in [0.717, 1.165) is 35.4 Å². The van der Waals surface area contributed by atoms with Gasteiger partial charge in [-0.2, -0.15) is 4.98 Å². The molecule has 0 saturated heterocycles. The molecule has 2 aromatic heterocycles. The number of aromatic nitrogens is 2. The summed E-state index contributed by atoms with van der Waals surface area (Å²) in [6.45, 7) is 5.35. The van der Waals surface area contributed by atoms with Crippen molar-refractivity contribution < 1.29 is 0 Å². The zero-order valence-electron chi connectivity index (χ0n) is 11.2. The predicted octanol–water partition coefficient (Wildman–Crippen LogP) is 3.07. The first-order valence-electron chi connectivity index (χ1n) is 6.42. The molecule has 18 heavy (non-hydrogen) atoms. The number of nitrogen functional groups attached to an aromatic ring is 1. The molecule has 0 radical (unpaired) electrons. The number of unbranched alkanes of at least 4 members (excludes halogenated alkanes) is 1. The Hall–Kier alpha value is -1.36. The van der Waals surface area contributed by atoms with Gasteiger partial charge in [-0.25, -0.2) is 4.98 Å². The Balaban J connectivity index is 2.44. The molecule has 0 spiro atoms. The summed E-state index contributed by atoms with van der Waals surface area (Å²) in [6, 6.07) is 2.19. The van der Waals surface area contributed by atoms with Crippen molar-refractivity contribution in [1.82, 2.24) is 9.97 Å². The number of hydrogen-bond acceptors (Lipinski definition) is 5. The zero-order chi connectivity index (χ0) is 13.1. The van der Waals surface area contributed by atoms with E-state index < -0.39 is 0 Å². The van der Waals surface area contributed by atoms with Gasteiger partial charge in [0.05, 0.1) is 5.39 Å². The lowest BCUT2D eigenvalue weighted by molar-refractivity contribution is 0.761. The first-order valence-corrected chi connectivity index (χ1v) is 7.24. The van der Waals surface area contributed by atoms with E-state index >= 15 is 0 Å². The quantitative estimate of drug-likeness (QED) is 0.901. The Morgan fingerprint density at radius 2 is 2.11 bits per heavy atom. The highest BCUT2D eigenvalue weighted by molar-refractivity contribution is 7.18. The van der Waals surface area contributed by atoms with Crippen molar-refractivity contribution in [1.29, 1.82) is 0 Å². The monoisotopic (exact) mass is 264 g/mol. The molecule has 2 N–H and O–H groups in total. The average molecular weight is 264 g/mol. The second-order valence-corrected chi connectivity index (χ2v) is 5.58. The van der Waals surface area contributed by atoms with Crippen LogP contribution in [0.5, 0.6) is 0 Å². The predicted molar refractivity (Wildman–Crippen MR) is 79.4 cm³/mol. The third-order valence-corrected chi connectivity index (χ3v) is 4.17. The molecular weight excluding hydrogens is 244 g/mol. The van der Waals surface area contributed by atoms with E-state index in [1.54, 1.807) is 11.3 Å². The lowest BCUT2D eigenvalue weighted by atomic mass is 10.2. The van der Waals surface area contributed by atoms with Crippen molar-refractivity contribution in [3.05, 3.63) is 10.9 Å². The smallest absolute Gasteiger partial charge is 0.223 e. The van der Waals surface area contributed by atoms with E-state index in [-0.39, 0.29) is 0 Å². The highest BCUT2D eigenvalue weighted by Crippen LogP contribution is 2.31. The van der Waals surface area contributed by atoms with Crippen molar-refractivity contribution >= 4 is 33.3 Å². The Bertz CT molecular complexity index is 535. The number of thiophene rings is 1. The molecule has 2 heterocycles. The zero-order valence-corrected chi connectivity index (χ0v) is 12.0. The molecule has 0 fully saturated rings. The second-order valence-electron chi connectivity index (χ2n) is 4.47. The van der Waals surface area contributed by atoms with Gasteiger partial charge in [-0.15, -0.1) is 11.3 Å². The highest BCUT2D eigenvalue weighted by atomic mass is 32.1. The Kier molecular flexibility index (Phi) is 4.01. The fourth-order valence-corrected chi connectivity index (χ4v) is 2.91. The Morgan fingerprint density at radius 3 is 2.78 bits per heavy atom. The van der Waals surface area contributed by atoms with Crippen LogP contribution in [0.25, 0.3) is 10.2 Å². The number of aryl methyl sites for hydroxylation is 1. The molecule has 0 atom stereocenters. The van der Waals surface area contributed by atoms with Gasteiger partial charge in [-0.3, -0.25) is 0 Å². The molecule has 4 nitrogen and oxygen atoms in total. The number of nitrogens with two attached hydrogens (primary N) is 1. The molecule has 0 aliphatic heterocycles. The van der Waals surface area contributed by atoms with Crippen LogP contribution in [0.3, 0.4) is 0 Å². The molecule has 0 saturated carbocycles. The number of nitrogens with zero attached hydrogens (tertiary/aromatic N) is 3. The van der Waals surface area contributed by atoms with Crippen LogP contribution >= 0.6 is 11.3 Å². The summed E-state index contributed by atoms with van der Waals surface area (Å²) in [5.74, 6) is 1.33. The standard InChI is InChI=1S/C13H20N4S/c1-4-6-7-17(3)11-10-8-9(5-2)18-12(10)16-13(14)15-11/h8H,4-7H2,1-3H3,(H2,14,15,16). The van der Waals surface area contributed by atoms with Gasteiger partial charge in [0.15, 0.2) is 0 Å². The van der Waals surface area contributed by atoms with Gasteiger partial charge < -0.3 is 10.6 Å². The number of hydrogen-bond donors (Lipinski definition) is 1. The Labute approximate surface area is 112 Å². The average Bonchev–Trinajstić information content (AvgIpc) is 2.77. The normalized spacial score (nSPS) is 11.1. The van der Waals surface area contributed by atoms with Gasteiger partial charge in [-0.05, 0) is 18.9 Å². The molecule has 0 amide bonds. The summed E-state index contributed by atoms with van der Waals surface area (Å²) in [5, 5.41) is 1.13. The van der Waals surface area contributed by atoms with Crippen LogP contribution in [0.1, 0.15) is 31.6 Å². The minimum absolute atomic E-state index is 0.366. The van der Waals surface area contributed by atoms with Crippen molar-refractivity contribution in [2.45, 2.75) is 33.1 Å². The summed E-state index contributed by atoms with van der Waals surface area (Å²) in [6.07, 6.45) is 3.36. The van der Waals surface area contributed by atoms with Gasteiger partial charge in [0.2, 0.25) is 5.95 Å². The van der Waals surface area contributed by atoms with Crippen molar-refractivity contribution in [3.8, 4) is 0 Å². The van der Waals surface area contributed by atoms with Crippen molar-refractivity contribution in [2.24, 2.45) is 0 Å². The van der Waals surface area contributed by atoms with E-state index in [4.69, 9.17) is 5.73 Å². The van der Waals surface area contributed by atoms with Crippen LogP contribution in [-0.4, -0.2) is 23.6 Å². The van der Waals surface area contributed by atoms with Crippen LogP contribution in [0.15, 0.2) is 6.07 Å². The minimum Gasteiger partial charge on any atom is -0.368 e. The number of anilines is 2. The van der Waals surface area contributed by atoms with Crippen LogP contribution in [0, 0.1) is 0 Å². The Morgan fingerprint density at radius 1 is 1.33 bits per heavy atom. The van der Waals surface area contributed by atoms with Crippen molar-refractivity contribution in [3.63, 3.8) is 0 Å². The maximum absolute atomic E-state index is 5.80. The van der Waals surface area contributed by atoms with E-state index in [2.05, 4.69) is 41.8 Å². The first-order chi connectivity index (χ1) is 8.65. The van der Waals surface area contributed by atoms with E-state index in [0.29, 0.717) is 5.95 Å². The molecule has 98 valence electrons. The fraction of sp³-hybridized carbons (Fsp3) is 0.538. The van der Waals surface area contributed by atoms with Crippen LogP contribution in [-0.2, 0) is 6.42 Å². The third-order valence-electron chi connectivity index (χ3n) is 3.00. The SMILES string of the molecule is CCCCN(C)c1nc(N)nc2sc(CC)cc12. The molecule has 0 aliphatic rings. The molecule has 0 aromatic carbocycles. The number of rotatable bonds is 5. The topological polar surface area (TPSA) is 55.0 Å². The highest BCUT2D eigenvalue weighted by Gasteiger charge is 2.13. The van der Waals surface area contributed by atoms with Gasteiger partial charge in [0.25, 0.3) is 0 Å². The lowest BCUT2D eigenvalue weighted by Gasteiger charge is -2.18. The largest absolute Gasteiger partial charge is 0.368 e. The second kappa shape index (κ2) is 5.52. The molecule has 0 aliphatic carbocycles. The molecular formula is C13H20N4S. The molecule has 2 rings (SSSR count). The van der Waals surface area contributed by atoms with Gasteiger partial charge >= 0.3 is 0 Å². The van der Waals surface area contributed by atoms with E-state index in [1.165, 1.54) is 11.3 Å². The van der Waals surface area contributed by atoms with Crippen LogP contribution in [0.4, 0.5) is 11.8 Å². The summed E-state index contributed by atoms with van der Waals surface area (Å²) >= 11 is 1.71. The molecule has 0 bridgehead atoms. The lowest BCUT2D eigenvalue weighted by Crippen LogP contribution is -2.20. The van der Waals surface area contributed by atoms with Crippen LogP contribution < -0.4 is 10.6 Å². The fourth-order valence-electron chi connectivity index (χ4n) is 1.94. The van der Waals surface area contributed by atoms with E-state index in [9.17, 15) is 0 Å². The van der Waals surface area contributed by atoms with E-state index in [1.807, 2.05) is 0 Å². The van der Waals surface area contributed by atoms with Gasteiger partial charge in [0, 0.05) is 18.5 Å². The maximum atomic E-state index is 5.80. The maximum Gasteiger partial charge on any atom is 0.223 e. The number of fused-ring (bicyclic) bond motifs is 1. The minimum atomic E-state index is 0.366. The van der Waals surface area contributed by atoms with Gasteiger partial charge in [-0.1, -0.05) is 20.3 Å². The molecule has 5 heteroatoms. The van der Waals surface area contributed by atoms with Crippen LogP contribution in [0.2, 0.25) is 0 Å². The molecule has 0 unspecified atom stereocenters. The summed E-state index contributed by atoms with van der Waals surface area (Å²) < 4.78 is 0.